The molecule has 0 heterocycles. The lowest BCUT2D eigenvalue weighted by molar-refractivity contribution is 1.11. The van der Waals surface area contributed by atoms with E-state index in [2.05, 4.69) is 16.2 Å². The SMILES string of the molecule is CCCP.[HH].[HH]. The fraction of sp³-hybridized carbons (Fsp3) is 1.00. The van der Waals surface area contributed by atoms with Crippen LogP contribution in [0.15, 0.2) is 0 Å². The van der Waals surface area contributed by atoms with Gasteiger partial charge in [0.25, 0.3) is 0 Å². The van der Waals surface area contributed by atoms with Gasteiger partial charge in [0.1, 0.15) is 0 Å². The molecule has 0 saturated heterocycles. The Kier molecular flexibility index (Phi) is 3.80. The molecule has 0 aromatic heterocycles. The van der Waals surface area contributed by atoms with Crippen molar-refractivity contribution in [1.29, 1.82) is 0 Å². The highest BCUT2D eigenvalue weighted by Gasteiger charge is 1.56. The quantitative estimate of drug-likeness (QED) is 0.421. The van der Waals surface area contributed by atoms with Crippen molar-refractivity contribution in [2.45, 2.75) is 13.3 Å². The van der Waals surface area contributed by atoms with E-state index in [-0.39, 0.29) is 2.85 Å². The second-order valence-corrected chi connectivity index (χ2v) is 1.37. The molecule has 0 nitrogen and oxygen atoms in total. The first kappa shape index (κ1) is 4.43. The summed E-state index contributed by atoms with van der Waals surface area (Å²) in [5, 5.41) is 0. The fourth-order valence-corrected chi connectivity index (χ4v) is 0. The maximum absolute atomic E-state index is 2.66. The van der Waals surface area contributed by atoms with Crippen molar-refractivity contribution < 1.29 is 2.85 Å². The lowest BCUT2D eigenvalue weighted by Crippen LogP contribution is -1.54. The van der Waals surface area contributed by atoms with E-state index in [4.69, 9.17) is 0 Å². The van der Waals surface area contributed by atoms with Crippen LogP contribution < -0.4 is 0 Å². The van der Waals surface area contributed by atoms with E-state index < -0.39 is 0 Å². The molecule has 0 aromatic rings. The summed E-state index contributed by atoms with van der Waals surface area (Å²) < 4.78 is 0. The molecule has 0 N–H and O–H groups in total. The van der Waals surface area contributed by atoms with Crippen molar-refractivity contribution >= 4 is 9.24 Å². The van der Waals surface area contributed by atoms with Crippen LogP contribution in [0.4, 0.5) is 0 Å². The Balaban J connectivity index is -0.0000000450. The lowest BCUT2D eigenvalue weighted by Gasteiger charge is -1.68. The van der Waals surface area contributed by atoms with Gasteiger partial charge in [-0.25, -0.2) is 0 Å². The van der Waals surface area contributed by atoms with Gasteiger partial charge in [0.05, 0.1) is 0 Å². The van der Waals surface area contributed by atoms with Gasteiger partial charge in [0, 0.05) is 2.85 Å². The van der Waals surface area contributed by atoms with E-state index in [0.717, 1.165) is 0 Å². The lowest BCUT2D eigenvalue weighted by atomic mass is 10.6. The van der Waals surface area contributed by atoms with Gasteiger partial charge in [-0.05, 0) is 6.16 Å². The maximum Gasteiger partial charge on any atom is 0 e. The number of hydrogen-bond donors (Lipinski definition) is 0. The van der Waals surface area contributed by atoms with Gasteiger partial charge in [-0.3, -0.25) is 0 Å². The monoisotopic (exact) mass is 80.1 g/mol. The van der Waals surface area contributed by atoms with E-state index in [1.807, 2.05) is 0 Å². The van der Waals surface area contributed by atoms with Crippen molar-refractivity contribution in [2.24, 2.45) is 0 Å². The van der Waals surface area contributed by atoms with Crippen molar-refractivity contribution in [2.75, 3.05) is 6.16 Å². The molecule has 0 spiro atoms. The zero-order valence-corrected chi connectivity index (χ0v) is 4.15. The zero-order valence-electron chi connectivity index (χ0n) is 2.99. The Morgan fingerprint density at radius 3 is 2.25 bits per heavy atom. The summed E-state index contributed by atoms with van der Waals surface area (Å²) in [7, 11) is 2.66. The molecule has 0 aliphatic heterocycles. The van der Waals surface area contributed by atoms with Crippen LogP contribution in [-0.4, -0.2) is 6.16 Å². The van der Waals surface area contributed by atoms with Gasteiger partial charge in [0.2, 0.25) is 0 Å². The van der Waals surface area contributed by atoms with Crippen LogP contribution in [0.25, 0.3) is 0 Å². The van der Waals surface area contributed by atoms with Gasteiger partial charge < -0.3 is 0 Å². The molecule has 0 bridgehead atoms. The molecule has 0 aliphatic carbocycles. The topological polar surface area (TPSA) is 0 Å². The van der Waals surface area contributed by atoms with Gasteiger partial charge in [-0.1, -0.05) is 13.3 Å². The number of rotatable bonds is 1. The summed E-state index contributed by atoms with van der Waals surface area (Å²) in [6.07, 6.45) is 2.52. The number of hydrogen-bond acceptors (Lipinski definition) is 0. The molecule has 1 unspecified atom stereocenters. The van der Waals surface area contributed by atoms with Crippen LogP contribution in [-0.2, 0) is 0 Å². The first-order valence-corrected chi connectivity index (χ1v) is 2.43. The minimum Gasteiger partial charge on any atom is -0.138 e. The third-order valence-electron chi connectivity index (χ3n) is 0.289. The largest absolute Gasteiger partial charge is 0.138 e. The third kappa shape index (κ3) is 2.43. The van der Waals surface area contributed by atoms with Crippen LogP contribution in [0.3, 0.4) is 0 Å². The average molecular weight is 80.1 g/mol. The molecule has 1 heteroatoms. The minimum atomic E-state index is 0. The molecule has 0 radical (unpaired) electrons. The Bertz CT molecular complexity index is 10.8. The van der Waals surface area contributed by atoms with Crippen molar-refractivity contribution in [3.05, 3.63) is 0 Å². The van der Waals surface area contributed by atoms with Crippen molar-refractivity contribution in [3.63, 3.8) is 0 Å². The predicted molar refractivity (Wildman–Crippen MR) is 29.1 cm³/mol. The van der Waals surface area contributed by atoms with Crippen molar-refractivity contribution in [1.82, 2.24) is 0 Å². The Labute approximate surface area is 32.8 Å². The Morgan fingerprint density at radius 2 is 2.25 bits per heavy atom. The first-order valence-electron chi connectivity index (χ1n) is 1.62. The van der Waals surface area contributed by atoms with E-state index in [1.165, 1.54) is 12.6 Å². The first-order chi connectivity index (χ1) is 1.91. The molecule has 0 saturated carbocycles. The summed E-state index contributed by atoms with van der Waals surface area (Å²) in [6, 6.07) is 0. The van der Waals surface area contributed by atoms with Gasteiger partial charge in [-0.2, -0.15) is 0 Å². The normalized spacial score (nSPS) is 7.50. The van der Waals surface area contributed by atoms with Crippen LogP contribution in [0.2, 0.25) is 0 Å². The second kappa shape index (κ2) is 3.43. The van der Waals surface area contributed by atoms with Crippen LogP contribution >= 0.6 is 9.24 Å². The summed E-state index contributed by atoms with van der Waals surface area (Å²) in [5.41, 5.74) is 0. The summed E-state index contributed by atoms with van der Waals surface area (Å²) in [6.45, 7) is 2.16. The molecule has 0 aliphatic rings. The molecule has 0 fully saturated rings. The van der Waals surface area contributed by atoms with Crippen LogP contribution in [0.5, 0.6) is 0 Å². The third-order valence-corrected chi connectivity index (χ3v) is 0.866. The molecule has 0 aromatic carbocycles. The molecule has 30 valence electrons. The molecule has 0 rings (SSSR count). The highest BCUT2D eigenvalue weighted by molar-refractivity contribution is 7.16. The van der Waals surface area contributed by atoms with Gasteiger partial charge >= 0.3 is 0 Å². The van der Waals surface area contributed by atoms with E-state index in [0.29, 0.717) is 0 Å². The summed E-state index contributed by atoms with van der Waals surface area (Å²) >= 11 is 0. The minimum absolute atomic E-state index is 0. The van der Waals surface area contributed by atoms with E-state index >= 15 is 0 Å². The van der Waals surface area contributed by atoms with E-state index in [1.54, 1.807) is 0 Å². The molecule has 4 heavy (non-hydrogen) atoms. The Hall–Kier alpha value is 0.430. The van der Waals surface area contributed by atoms with Crippen LogP contribution in [0.1, 0.15) is 16.2 Å². The smallest absolute Gasteiger partial charge is 0 e. The molecule has 1 atom stereocenters. The standard InChI is InChI=1S/C3H9P.2H2/c1-2-3-4;;/h2-4H2,1H3;2*1H. The Morgan fingerprint density at radius 1 is 2.00 bits per heavy atom. The fourth-order valence-electron chi connectivity index (χ4n) is 0. The highest BCUT2D eigenvalue weighted by Crippen LogP contribution is 1.80. The van der Waals surface area contributed by atoms with Crippen molar-refractivity contribution in [3.8, 4) is 0 Å². The average Bonchev–Trinajstić information content (AvgIpc) is 1.37. The van der Waals surface area contributed by atoms with E-state index in [9.17, 15) is 0 Å². The second-order valence-electron chi connectivity index (χ2n) is 0.789. The predicted octanol–water partition coefficient (Wildman–Crippen LogP) is 1.76. The molecular weight excluding hydrogens is 67.0 g/mol. The van der Waals surface area contributed by atoms with Crippen LogP contribution in [0, 0.1) is 0 Å². The van der Waals surface area contributed by atoms with Gasteiger partial charge in [0.15, 0.2) is 0 Å². The molecular formula is C3H13P. The summed E-state index contributed by atoms with van der Waals surface area (Å²) in [5.74, 6) is 0. The summed E-state index contributed by atoms with van der Waals surface area (Å²) in [4.78, 5) is 0. The zero-order chi connectivity index (χ0) is 3.41. The maximum atomic E-state index is 2.66. The molecule has 0 amide bonds. The van der Waals surface area contributed by atoms with Gasteiger partial charge in [-0.15, -0.1) is 9.24 Å². The highest BCUT2D eigenvalue weighted by atomic mass is 31.0.